The van der Waals surface area contributed by atoms with Gasteiger partial charge in [-0.05, 0) is 37.6 Å². The Bertz CT molecular complexity index is 1380. The van der Waals surface area contributed by atoms with Gasteiger partial charge in [-0.25, -0.2) is 9.79 Å². The van der Waals surface area contributed by atoms with Gasteiger partial charge < -0.3 is 9.47 Å². The molecular weight excluding hydrogens is 416 g/mol. The number of carbonyl (C=O) groups excluding carboxylic acids is 1. The van der Waals surface area contributed by atoms with Crippen LogP contribution in [-0.2, 0) is 16.6 Å². The lowest BCUT2D eigenvalue weighted by Gasteiger charge is -2.23. The summed E-state index contributed by atoms with van der Waals surface area (Å²) in [6.07, 6.45) is 3.50. The van der Waals surface area contributed by atoms with Gasteiger partial charge in [0.1, 0.15) is 11.8 Å². The Morgan fingerprint density at radius 1 is 1.19 bits per heavy atom. The van der Waals surface area contributed by atoms with Gasteiger partial charge in [0.15, 0.2) is 4.80 Å². The second kappa shape index (κ2) is 7.99. The zero-order chi connectivity index (χ0) is 22.3. The number of aromatic nitrogens is 3. The number of rotatable bonds is 4. The summed E-state index contributed by atoms with van der Waals surface area (Å²) < 4.78 is 14.0. The zero-order valence-corrected chi connectivity index (χ0v) is 18.7. The van der Waals surface area contributed by atoms with E-state index in [0.29, 0.717) is 20.6 Å². The van der Waals surface area contributed by atoms with E-state index in [-0.39, 0.29) is 5.56 Å². The lowest BCUT2D eigenvalue weighted by Crippen LogP contribution is -2.40. The van der Waals surface area contributed by atoms with E-state index >= 15 is 0 Å². The van der Waals surface area contributed by atoms with Gasteiger partial charge >= 0.3 is 5.97 Å². The van der Waals surface area contributed by atoms with Crippen LogP contribution in [-0.4, -0.2) is 34.5 Å². The summed E-state index contributed by atoms with van der Waals surface area (Å²) in [4.78, 5) is 31.2. The maximum Gasteiger partial charge on any atom is 0.338 e. The molecule has 0 saturated heterocycles. The van der Waals surface area contributed by atoms with Crippen molar-refractivity contribution < 1.29 is 14.3 Å². The number of methoxy groups -OCH3 is 2. The van der Waals surface area contributed by atoms with Crippen LogP contribution in [0.4, 0.5) is 0 Å². The SMILES string of the molecule is COC(=O)C1=C(C)N=c2sc(=Cc3ccc(OC)cc3)c(=O)n2C1c1cnn(C)c1C. The van der Waals surface area contributed by atoms with Crippen LogP contribution in [0, 0.1) is 6.92 Å². The first kappa shape index (κ1) is 20.8. The Morgan fingerprint density at radius 2 is 1.90 bits per heavy atom. The molecule has 0 spiro atoms. The molecule has 0 saturated carbocycles. The Labute approximate surface area is 182 Å². The van der Waals surface area contributed by atoms with Gasteiger partial charge in [-0.15, -0.1) is 0 Å². The van der Waals surface area contributed by atoms with Crippen LogP contribution in [0.1, 0.15) is 29.8 Å². The molecule has 0 N–H and O–H groups in total. The number of hydrogen-bond donors (Lipinski definition) is 0. The van der Waals surface area contributed by atoms with E-state index in [0.717, 1.165) is 22.6 Å². The first-order valence-corrected chi connectivity index (χ1v) is 10.4. The molecule has 0 fully saturated rings. The lowest BCUT2D eigenvalue weighted by molar-refractivity contribution is -0.136. The molecule has 0 amide bonds. The van der Waals surface area contributed by atoms with E-state index in [1.54, 1.807) is 29.5 Å². The van der Waals surface area contributed by atoms with Crippen molar-refractivity contribution in [3.63, 3.8) is 0 Å². The Balaban J connectivity index is 1.96. The highest BCUT2D eigenvalue weighted by atomic mass is 32.1. The van der Waals surface area contributed by atoms with Crippen LogP contribution in [0.2, 0.25) is 0 Å². The Kier molecular flexibility index (Phi) is 5.36. The van der Waals surface area contributed by atoms with E-state index in [4.69, 9.17) is 9.47 Å². The largest absolute Gasteiger partial charge is 0.497 e. The molecule has 0 aliphatic carbocycles. The van der Waals surface area contributed by atoms with Gasteiger partial charge in [0.25, 0.3) is 5.56 Å². The highest BCUT2D eigenvalue weighted by Crippen LogP contribution is 2.32. The predicted molar refractivity (Wildman–Crippen MR) is 117 cm³/mol. The Morgan fingerprint density at radius 3 is 2.48 bits per heavy atom. The summed E-state index contributed by atoms with van der Waals surface area (Å²) in [6, 6.07) is 6.78. The highest BCUT2D eigenvalue weighted by Gasteiger charge is 2.34. The molecule has 1 unspecified atom stereocenters. The van der Waals surface area contributed by atoms with Crippen molar-refractivity contribution in [2.75, 3.05) is 14.2 Å². The summed E-state index contributed by atoms with van der Waals surface area (Å²) in [5.41, 5.74) is 3.12. The smallest absolute Gasteiger partial charge is 0.338 e. The number of benzene rings is 1. The summed E-state index contributed by atoms with van der Waals surface area (Å²) >= 11 is 1.29. The predicted octanol–water partition coefficient (Wildman–Crippen LogP) is 1.46. The number of thiazole rings is 1. The van der Waals surface area contributed by atoms with Crippen LogP contribution in [0.3, 0.4) is 0 Å². The third kappa shape index (κ3) is 3.50. The summed E-state index contributed by atoms with van der Waals surface area (Å²) in [6.45, 7) is 3.66. The first-order chi connectivity index (χ1) is 14.8. The van der Waals surface area contributed by atoms with E-state index < -0.39 is 12.0 Å². The van der Waals surface area contributed by atoms with Crippen LogP contribution in [0.25, 0.3) is 6.08 Å². The highest BCUT2D eigenvalue weighted by molar-refractivity contribution is 7.07. The van der Waals surface area contributed by atoms with Crippen LogP contribution in [0.5, 0.6) is 5.75 Å². The van der Waals surface area contributed by atoms with Gasteiger partial charge in [-0.2, -0.15) is 5.10 Å². The van der Waals surface area contributed by atoms with Crippen molar-refractivity contribution in [1.82, 2.24) is 14.3 Å². The average molecular weight is 439 g/mol. The minimum Gasteiger partial charge on any atom is -0.497 e. The van der Waals surface area contributed by atoms with Crippen LogP contribution < -0.4 is 19.6 Å². The molecule has 1 atom stereocenters. The van der Waals surface area contributed by atoms with Crippen molar-refractivity contribution >= 4 is 23.4 Å². The fourth-order valence-corrected chi connectivity index (χ4v) is 4.67. The van der Waals surface area contributed by atoms with Gasteiger partial charge in [0, 0.05) is 18.3 Å². The lowest BCUT2D eigenvalue weighted by atomic mass is 9.96. The molecule has 0 radical (unpaired) electrons. The molecule has 31 heavy (non-hydrogen) atoms. The molecule has 1 aliphatic heterocycles. The van der Waals surface area contributed by atoms with E-state index in [2.05, 4.69) is 10.1 Å². The summed E-state index contributed by atoms with van der Waals surface area (Å²) in [5, 5.41) is 4.31. The maximum absolute atomic E-state index is 13.5. The second-order valence-corrected chi connectivity index (χ2v) is 8.16. The molecule has 0 bridgehead atoms. The first-order valence-electron chi connectivity index (χ1n) is 9.59. The molecule has 4 rings (SSSR count). The average Bonchev–Trinajstić information content (AvgIpc) is 3.25. The fourth-order valence-electron chi connectivity index (χ4n) is 3.62. The molecule has 2 aromatic heterocycles. The second-order valence-electron chi connectivity index (χ2n) is 7.16. The molecule has 3 aromatic rings. The zero-order valence-electron chi connectivity index (χ0n) is 17.9. The maximum atomic E-state index is 13.5. The molecular formula is C22H22N4O4S. The van der Waals surface area contributed by atoms with Crippen molar-refractivity contribution in [3.8, 4) is 5.75 Å². The number of aryl methyl sites for hydroxylation is 1. The van der Waals surface area contributed by atoms with Crippen molar-refractivity contribution in [2.45, 2.75) is 19.9 Å². The van der Waals surface area contributed by atoms with E-state index in [9.17, 15) is 9.59 Å². The minimum absolute atomic E-state index is 0.221. The summed E-state index contributed by atoms with van der Waals surface area (Å²) in [7, 11) is 4.75. The third-order valence-electron chi connectivity index (χ3n) is 5.41. The number of esters is 1. The van der Waals surface area contributed by atoms with Crippen LogP contribution in [0.15, 0.2) is 51.5 Å². The monoisotopic (exact) mass is 438 g/mol. The van der Waals surface area contributed by atoms with Gasteiger partial charge in [-0.3, -0.25) is 14.0 Å². The standard InChI is InChI=1S/C22H22N4O4S/c1-12-18(21(28)30-5)19(16-11-23-25(3)13(16)2)26-20(27)17(31-22(26)24-12)10-14-6-8-15(29-4)9-7-14/h6-11,19H,1-5H3. The number of ether oxygens (including phenoxy) is 2. The van der Waals surface area contributed by atoms with Crippen molar-refractivity contribution in [2.24, 2.45) is 12.0 Å². The van der Waals surface area contributed by atoms with Crippen LogP contribution >= 0.6 is 11.3 Å². The van der Waals surface area contributed by atoms with E-state index in [1.807, 2.05) is 44.3 Å². The minimum atomic E-state index is -0.657. The number of hydrogen-bond acceptors (Lipinski definition) is 7. The Hall–Kier alpha value is -3.46. The van der Waals surface area contributed by atoms with Gasteiger partial charge in [0.2, 0.25) is 0 Å². The van der Waals surface area contributed by atoms with Gasteiger partial charge in [0.05, 0.1) is 36.2 Å². The molecule has 8 nitrogen and oxygen atoms in total. The van der Waals surface area contributed by atoms with Gasteiger partial charge in [-0.1, -0.05) is 23.5 Å². The molecule has 1 aromatic carbocycles. The molecule has 9 heteroatoms. The fraction of sp³-hybridized carbons (Fsp3) is 0.273. The molecule has 160 valence electrons. The summed E-state index contributed by atoms with van der Waals surface area (Å²) in [5.74, 6) is 0.225. The number of fused-ring (bicyclic) bond motifs is 1. The molecule has 3 heterocycles. The number of nitrogens with zero attached hydrogens (tertiary/aromatic N) is 4. The topological polar surface area (TPSA) is 87.7 Å². The number of carbonyl (C=O) groups is 1. The number of allylic oxidation sites excluding steroid dienone is 1. The van der Waals surface area contributed by atoms with Crippen molar-refractivity contribution in [1.29, 1.82) is 0 Å². The molecule has 1 aliphatic rings. The third-order valence-corrected chi connectivity index (χ3v) is 6.39. The van der Waals surface area contributed by atoms with Crippen molar-refractivity contribution in [3.05, 3.63) is 78.2 Å². The van der Waals surface area contributed by atoms with E-state index in [1.165, 1.54) is 18.4 Å². The quantitative estimate of drug-likeness (QED) is 0.576. The normalized spacial score (nSPS) is 16.2.